The van der Waals surface area contributed by atoms with Gasteiger partial charge in [-0.3, -0.25) is 0 Å². The number of anilines is 2. The minimum Gasteiger partial charge on any atom is -0.355 e. The number of aromatic nitrogens is 2. The van der Waals surface area contributed by atoms with Crippen molar-refractivity contribution in [3.63, 3.8) is 0 Å². The molecular formula is C22H23N3S2. The Kier molecular flexibility index (Phi) is 4.58. The fraction of sp³-hybridized carbons (Fsp3) is 0.364. The lowest BCUT2D eigenvalue weighted by molar-refractivity contribution is 0.440. The van der Waals surface area contributed by atoms with Gasteiger partial charge in [0.15, 0.2) is 0 Å². The molecule has 0 saturated heterocycles. The van der Waals surface area contributed by atoms with Crippen LogP contribution in [0.2, 0.25) is 0 Å². The Hall–Kier alpha value is -1.98. The van der Waals surface area contributed by atoms with E-state index in [0.29, 0.717) is 5.92 Å². The van der Waals surface area contributed by atoms with Gasteiger partial charge in [0.05, 0.1) is 21.4 Å². The second kappa shape index (κ2) is 7.21. The molecule has 4 aromatic rings. The van der Waals surface area contributed by atoms with Gasteiger partial charge in [-0.2, -0.15) is 0 Å². The number of nitrogens with one attached hydrogen (secondary N) is 1. The van der Waals surface area contributed by atoms with Crippen molar-refractivity contribution in [3.05, 3.63) is 46.9 Å². The minimum absolute atomic E-state index is 0.686. The molecule has 0 aliphatic heterocycles. The largest absolute Gasteiger partial charge is 0.355 e. The summed E-state index contributed by atoms with van der Waals surface area (Å²) in [5, 5.41) is 4.84. The summed E-state index contributed by atoms with van der Waals surface area (Å²) < 4.78 is 1.22. The summed E-state index contributed by atoms with van der Waals surface area (Å²) in [4.78, 5) is 11.7. The number of fused-ring (bicyclic) bond motifs is 2. The average Bonchev–Trinajstić information content (AvgIpc) is 3.26. The molecule has 1 N–H and O–H groups in total. The van der Waals surface area contributed by atoms with Gasteiger partial charge in [0.25, 0.3) is 0 Å². The SMILES string of the molecule is C[C@@H]1CCCCC[C@@H]1c1cc2c(Nc3ccc4scnc4c3)ccnc2s1. The first-order valence-electron chi connectivity index (χ1n) is 9.76. The Morgan fingerprint density at radius 1 is 1.04 bits per heavy atom. The second-order valence-corrected chi connectivity index (χ2v) is 9.56. The number of nitrogens with zero attached hydrogens (tertiary/aromatic N) is 2. The number of thiazole rings is 1. The summed E-state index contributed by atoms with van der Waals surface area (Å²) in [5.41, 5.74) is 5.17. The predicted octanol–water partition coefficient (Wildman–Crippen LogP) is 7.33. The van der Waals surface area contributed by atoms with Crippen molar-refractivity contribution in [2.75, 3.05) is 5.32 Å². The second-order valence-electron chi connectivity index (χ2n) is 7.61. The van der Waals surface area contributed by atoms with E-state index in [1.54, 1.807) is 11.3 Å². The Balaban J connectivity index is 1.50. The Bertz CT molecular complexity index is 1080. The number of pyridine rings is 1. The van der Waals surface area contributed by atoms with E-state index in [9.17, 15) is 0 Å². The summed E-state index contributed by atoms with van der Waals surface area (Å²) in [7, 11) is 0. The lowest BCUT2D eigenvalue weighted by Crippen LogP contribution is -2.06. The maximum Gasteiger partial charge on any atom is 0.125 e. The van der Waals surface area contributed by atoms with Crippen LogP contribution >= 0.6 is 22.7 Å². The van der Waals surface area contributed by atoms with Crippen molar-refractivity contribution in [1.29, 1.82) is 0 Å². The van der Waals surface area contributed by atoms with Gasteiger partial charge < -0.3 is 5.32 Å². The molecule has 5 rings (SSSR count). The first-order valence-corrected chi connectivity index (χ1v) is 11.5. The zero-order valence-electron chi connectivity index (χ0n) is 15.4. The fourth-order valence-electron chi connectivity index (χ4n) is 4.26. The topological polar surface area (TPSA) is 37.8 Å². The standard InChI is InChI=1S/C22H23N3S2/c1-14-5-3-2-4-6-16(14)21-12-17-18(9-10-23-22(17)27-21)25-15-7-8-20-19(11-15)24-13-26-20/h7-14,16H,2-6H2,1H3,(H,23,25)/t14-,16+/m1/s1. The van der Waals surface area contributed by atoms with Crippen molar-refractivity contribution < 1.29 is 0 Å². The highest BCUT2D eigenvalue weighted by Gasteiger charge is 2.24. The van der Waals surface area contributed by atoms with Gasteiger partial charge in [-0.1, -0.05) is 32.6 Å². The molecule has 0 radical (unpaired) electrons. The molecule has 0 amide bonds. The van der Waals surface area contributed by atoms with Gasteiger partial charge in [0.1, 0.15) is 4.83 Å². The number of rotatable bonds is 3. The summed E-state index contributed by atoms with van der Waals surface area (Å²) in [6.45, 7) is 2.43. The van der Waals surface area contributed by atoms with Gasteiger partial charge in [-0.05, 0) is 48.6 Å². The van der Waals surface area contributed by atoms with Gasteiger partial charge in [-0.25, -0.2) is 9.97 Å². The van der Waals surface area contributed by atoms with Gasteiger partial charge >= 0.3 is 0 Å². The summed E-state index contributed by atoms with van der Waals surface area (Å²) in [6.07, 6.45) is 8.71. The van der Waals surface area contributed by atoms with Crippen molar-refractivity contribution >= 4 is 54.5 Å². The van der Waals surface area contributed by atoms with E-state index < -0.39 is 0 Å². The van der Waals surface area contributed by atoms with Crippen LogP contribution in [0.3, 0.4) is 0 Å². The van der Waals surface area contributed by atoms with Crippen molar-refractivity contribution in [2.45, 2.75) is 44.9 Å². The van der Waals surface area contributed by atoms with Crippen LogP contribution in [0.25, 0.3) is 20.4 Å². The molecule has 2 atom stereocenters. The third kappa shape index (κ3) is 3.34. The summed E-state index contributed by atoms with van der Waals surface area (Å²) in [6, 6.07) is 10.9. The van der Waals surface area contributed by atoms with Crippen LogP contribution in [0.5, 0.6) is 0 Å². The maximum atomic E-state index is 4.66. The zero-order valence-corrected chi connectivity index (χ0v) is 17.1. The molecule has 0 bridgehead atoms. The normalized spacial score (nSPS) is 20.8. The van der Waals surface area contributed by atoms with Crippen LogP contribution in [-0.2, 0) is 0 Å². The van der Waals surface area contributed by atoms with Gasteiger partial charge in [0.2, 0.25) is 0 Å². The highest BCUT2D eigenvalue weighted by Crippen LogP contribution is 2.42. The number of hydrogen-bond donors (Lipinski definition) is 1. The first kappa shape index (κ1) is 17.1. The van der Waals surface area contributed by atoms with E-state index in [1.165, 1.54) is 47.1 Å². The maximum absolute atomic E-state index is 4.66. The quantitative estimate of drug-likeness (QED) is 0.370. The molecule has 3 heterocycles. The van der Waals surface area contributed by atoms with Crippen LogP contribution in [-0.4, -0.2) is 9.97 Å². The molecule has 1 aliphatic rings. The molecule has 1 aliphatic carbocycles. The lowest BCUT2D eigenvalue weighted by atomic mass is 9.88. The van der Waals surface area contributed by atoms with Gasteiger partial charge in [-0.15, -0.1) is 22.7 Å². The Morgan fingerprint density at radius 2 is 1.96 bits per heavy atom. The lowest BCUT2D eigenvalue weighted by Gasteiger charge is -2.19. The predicted molar refractivity (Wildman–Crippen MR) is 118 cm³/mol. The molecule has 138 valence electrons. The molecule has 27 heavy (non-hydrogen) atoms. The number of benzene rings is 1. The fourth-order valence-corrected chi connectivity index (χ4v) is 6.21. The van der Waals surface area contributed by atoms with Gasteiger partial charge in [0, 0.05) is 22.1 Å². The third-order valence-corrected chi connectivity index (χ3v) is 7.78. The van der Waals surface area contributed by atoms with Crippen LogP contribution in [0.1, 0.15) is 49.8 Å². The highest BCUT2D eigenvalue weighted by molar-refractivity contribution is 7.18. The molecule has 1 saturated carbocycles. The molecule has 1 aromatic carbocycles. The molecule has 0 spiro atoms. The molecular weight excluding hydrogens is 370 g/mol. The molecule has 3 aromatic heterocycles. The smallest absolute Gasteiger partial charge is 0.125 e. The highest BCUT2D eigenvalue weighted by atomic mass is 32.1. The van der Waals surface area contributed by atoms with E-state index >= 15 is 0 Å². The molecule has 0 unspecified atom stereocenters. The summed E-state index contributed by atoms with van der Waals surface area (Å²) >= 11 is 3.56. The van der Waals surface area contributed by atoms with Crippen LogP contribution in [0, 0.1) is 5.92 Å². The number of thiophene rings is 1. The van der Waals surface area contributed by atoms with Crippen LogP contribution in [0.4, 0.5) is 11.4 Å². The van der Waals surface area contributed by atoms with Crippen molar-refractivity contribution in [1.82, 2.24) is 9.97 Å². The van der Waals surface area contributed by atoms with E-state index in [4.69, 9.17) is 0 Å². The monoisotopic (exact) mass is 393 g/mol. The molecule has 1 fully saturated rings. The third-order valence-electron chi connectivity index (χ3n) is 5.79. The van der Waals surface area contributed by atoms with Crippen molar-refractivity contribution in [2.24, 2.45) is 5.92 Å². The molecule has 5 heteroatoms. The first-order chi connectivity index (χ1) is 13.3. The molecule has 3 nitrogen and oxygen atoms in total. The minimum atomic E-state index is 0.686. The van der Waals surface area contributed by atoms with E-state index in [-0.39, 0.29) is 0 Å². The summed E-state index contributed by atoms with van der Waals surface area (Å²) in [5.74, 6) is 1.45. The van der Waals surface area contributed by atoms with E-state index in [0.717, 1.165) is 27.6 Å². The average molecular weight is 394 g/mol. The van der Waals surface area contributed by atoms with Crippen molar-refractivity contribution in [3.8, 4) is 0 Å². The Morgan fingerprint density at radius 3 is 2.93 bits per heavy atom. The van der Waals surface area contributed by atoms with E-state index in [1.807, 2.05) is 23.0 Å². The number of hydrogen-bond acceptors (Lipinski definition) is 5. The Labute approximate surface area is 167 Å². The van der Waals surface area contributed by atoms with Crippen LogP contribution in [0.15, 0.2) is 42.0 Å². The zero-order chi connectivity index (χ0) is 18.2. The van der Waals surface area contributed by atoms with Crippen LogP contribution < -0.4 is 5.32 Å². The van der Waals surface area contributed by atoms with E-state index in [2.05, 4.69) is 52.5 Å².